The number of hydrogen-bond acceptors (Lipinski definition) is 1. The summed E-state index contributed by atoms with van der Waals surface area (Å²) in [5.41, 5.74) is 2.95. The van der Waals surface area contributed by atoms with Crippen LogP contribution in [0.5, 0.6) is 0 Å². The van der Waals surface area contributed by atoms with Gasteiger partial charge in [0.25, 0.3) is 0 Å². The standard InChI is InChI=1S/C15H24O/c1-11(10-16)14-9-5-8-13-7-4-6-12(2)15(13,14)3/h7,12,14,16H,1,4-6,8-10H2,2-3H3. The smallest absolute Gasteiger partial charge is 0.0642 e. The maximum absolute atomic E-state index is 9.36. The third kappa shape index (κ3) is 1.66. The Labute approximate surface area is 99.3 Å². The first-order valence-corrected chi connectivity index (χ1v) is 6.58. The van der Waals surface area contributed by atoms with Crippen LogP contribution in [-0.4, -0.2) is 11.7 Å². The lowest BCUT2D eigenvalue weighted by molar-refractivity contribution is 0.110. The van der Waals surface area contributed by atoms with E-state index in [0.29, 0.717) is 5.92 Å². The lowest BCUT2D eigenvalue weighted by Gasteiger charge is -2.50. The molecule has 1 nitrogen and oxygen atoms in total. The summed E-state index contributed by atoms with van der Waals surface area (Å²) in [6.45, 7) is 9.01. The summed E-state index contributed by atoms with van der Waals surface area (Å²) in [6.07, 6.45) is 8.71. The molecule has 3 atom stereocenters. The zero-order valence-electron chi connectivity index (χ0n) is 10.6. The summed E-state index contributed by atoms with van der Waals surface area (Å²) >= 11 is 0. The molecule has 0 amide bonds. The molecule has 0 aromatic heterocycles. The summed E-state index contributed by atoms with van der Waals surface area (Å²) < 4.78 is 0. The van der Waals surface area contributed by atoms with Crippen molar-refractivity contribution in [2.24, 2.45) is 17.3 Å². The number of hydrogen-bond donors (Lipinski definition) is 1. The minimum absolute atomic E-state index is 0.153. The van der Waals surface area contributed by atoms with Gasteiger partial charge in [-0.1, -0.05) is 32.1 Å². The van der Waals surface area contributed by atoms with Crippen molar-refractivity contribution in [3.63, 3.8) is 0 Å². The van der Waals surface area contributed by atoms with Crippen LogP contribution >= 0.6 is 0 Å². The van der Waals surface area contributed by atoms with E-state index in [1.807, 2.05) is 0 Å². The van der Waals surface area contributed by atoms with Gasteiger partial charge in [-0.3, -0.25) is 0 Å². The Balaban J connectivity index is 2.36. The van der Waals surface area contributed by atoms with Crippen molar-refractivity contribution < 1.29 is 5.11 Å². The van der Waals surface area contributed by atoms with Crippen molar-refractivity contribution in [2.45, 2.75) is 46.0 Å². The van der Waals surface area contributed by atoms with E-state index in [9.17, 15) is 5.11 Å². The number of aliphatic hydroxyl groups excluding tert-OH is 1. The predicted octanol–water partition coefficient (Wildman–Crippen LogP) is 3.70. The molecule has 16 heavy (non-hydrogen) atoms. The quantitative estimate of drug-likeness (QED) is 0.704. The Bertz CT molecular complexity index is 315. The van der Waals surface area contributed by atoms with E-state index in [-0.39, 0.29) is 12.0 Å². The molecule has 1 heteroatoms. The van der Waals surface area contributed by atoms with Gasteiger partial charge in [0.1, 0.15) is 0 Å². The monoisotopic (exact) mass is 220 g/mol. The van der Waals surface area contributed by atoms with Crippen LogP contribution in [0.25, 0.3) is 0 Å². The molecule has 0 saturated heterocycles. The number of rotatable bonds is 2. The fourth-order valence-corrected chi connectivity index (χ4v) is 3.82. The molecule has 0 aromatic rings. The second-order valence-corrected chi connectivity index (χ2v) is 5.75. The molecule has 2 rings (SSSR count). The summed E-state index contributed by atoms with van der Waals surface area (Å²) in [7, 11) is 0. The Morgan fingerprint density at radius 2 is 2.31 bits per heavy atom. The van der Waals surface area contributed by atoms with Gasteiger partial charge in [0.2, 0.25) is 0 Å². The summed E-state index contributed by atoms with van der Waals surface area (Å²) in [5, 5.41) is 9.36. The fourth-order valence-electron chi connectivity index (χ4n) is 3.82. The Morgan fingerprint density at radius 1 is 1.56 bits per heavy atom. The van der Waals surface area contributed by atoms with Crippen LogP contribution in [0, 0.1) is 17.3 Å². The zero-order valence-corrected chi connectivity index (χ0v) is 10.6. The first-order valence-electron chi connectivity index (χ1n) is 6.58. The van der Waals surface area contributed by atoms with Crippen molar-refractivity contribution in [3.8, 4) is 0 Å². The van der Waals surface area contributed by atoms with E-state index in [0.717, 1.165) is 11.5 Å². The van der Waals surface area contributed by atoms with Gasteiger partial charge in [0.05, 0.1) is 6.61 Å². The van der Waals surface area contributed by atoms with Crippen LogP contribution < -0.4 is 0 Å². The molecule has 0 radical (unpaired) electrons. The van der Waals surface area contributed by atoms with Gasteiger partial charge in [0, 0.05) is 0 Å². The second kappa shape index (κ2) is 4.37. The van der Waals surface area contributed by atoms with E-state index in [4.69, 9.17) is 0 Å². The van der Waals surface area contributed by atoms with E-state index < -0.39 is 0 Å². The highest BCUT2D eigenvalue weighted by Gasteiger charge is 2.45. The first-order chi connectivity index (χ1) is 7.60. The molecule has 1 saturated carbocycles. The van der Waals surface area contributed by atoms with Gasteiger partial charge in [0.15, 0.2) is 0 Å². The predicted molar refractivity (Wildman–Crippen MR) is 68.2 cm³/mol. The van der Waals surface area contributed by atoms with Gasteiger partial charge in [-0.15, -0.1) is 0 Å². The Hall–Kier alpha value is -0.560. The molecular formula is C15H24O. The van der Waals surface area contributed by atoms with Gasteiger partial charge < -0.3 is 5.11 Å². The van der Waals surface area contributed by atoms with Crippen LogP contribution in [0.2, 0.25) is 0 Å². The molecule has 2 aliphatic rings. The van der Waals surface area contributed by atoms with Crippen LogP contribution in [0.3, 0.4) is 0 Å². The topological polar surface area (TPSA) is 20.2 Å². The zero-order chi connectivity index (χ0) is 11.8. The van der Waals surface area contributed by atoms with Gasteiger partial charge in [-0.25, -0.2) is 0 Å². The first kappa shape index (κ1) is 11.9. The fraction of sp³-hybridized carbons (Fsp3) is 0.733. The third-order valence-electron chi connectivity index (χ3n) is 5.06. The summed E-state index contributed by atoms with van der Waals surface area (Å²) in [4.78, 5) is 0. The van der Waals surface area contributed by atoms with Crippen LogP contribution in [-0.2, 0) is 0 Å². The number of allylic oxidation sites excluding steroid dienone is 2. The lowest BCUT2D eigenvalue weighted by atomic mass is 9.54. The molecule has 0 aromatic carbocycles. The van der Waals surface area contributed by atoms with Crippen LogP contribution in [0.1, 0.15) is 46.0 Å². The normalized spacial score (nSPS) is 38.8. The summed E-state index contributed by atoms with van der Waals surface area (Å²) in [6, 6.07) is 0. The average Bonchev–Trinajstić information content (AvgIpc) is 2.29. The highest BCUT2D eigenvalue weighted by atomic mass is 16.3. The second-order valence-electron chi connectivity index (χ2n) is 5.75. The average molecular weight is 220 g/mol. The molecule has 0 bridgehead atoms. The van der Waals surface area contributed by atoms with Gasteiger partial charge in [-0.2, -0.15) is 0 Å². The van der Waals surface area contributed by atoms with Crippen molar-refractivity contribution in [1.82, 2.24) is 0 Å². The van der Waals surface area contributed by atoms with E-state index in [1.165, 1.54) is 32.1 Å². The van der Waals surface area contributed by atoms with E-state index in [2.05, 4.69) is 26.5 Å². The maximum Gasteiger partial charge on any atom is 0.0642 e. The summed E-state index contributed by atoms with van der Waals surface area (Å²) in [5.74, 6) is 1.22. The largest absolute Gasteiger partial charge is 0.392 e. The van der Waals surface area contributed by atoms with Crippen LogP contribution in [0.4, 0.5) is 0 Å². The van der Waals surface area contributed by atoms with Crippen molar-refractivity contribution >= 4 is 0 Å². The van der Waals surface area contributed by atoms with Crippen molar-refractivity contribution in [1.29, 1.82) is 0 Å². The number of aliphatic hydroxyl groups is 1. The van der Waals surface area contributed by atoms with Crippen molar-refractivity contribution in [3.05, 3.63) is 23.8 Å². The van der Waals surface area contributed by atoms with E-state index >= 15 is 0 Å². The minimum atomic E-state index is 0.153. The molecule has 1 fully saturated rings. The molecule has 3 unspecified atom stereocenters. The van der Waals surface area contributed by atoms with Gasteiger partial charge >= 0.3 is 0 Å². The van der Waals surface area contributed by atoms with Crippen LogP contribution in [0.15, 0.2) is 23.8 Å². The molecule has 1 N–H and O–H groups in total. The molecule has 2 aliphatic carbocycles. The molecule has 0 heterocycles. The molecule has 0 aliphatic heterocycles. The molecular weight excluding hydrogens is 196 g/mol. The Kier molecular flexibility index (Phi) is 3.25. The minimum Gasteiger partial charge on any atom is -0.392 e. The highest BCUT2D eigenvalue weighted by molar-refractivity contribution is 5.27. The maximum atomic E-state index is 9.36. The highest BCUT2D eigenvalue weighted by Crippen LogP contribution is 2.55. The SMILES string of the molecule is C=C(CO)C1CCCC2=CCCC(C)C21C. The lowest BCUT2D eigenvalue weighted by Crippen LogP contribution is -2.41. The number of fused-ring (bicyclic) bond motifs is 1. The van der Waals surface area contributed by atoms with Gasteiger partial charge in [-0.05, 0) is 54.9 Å². The Morgan fingerprint density at radius 3 is 3.00 bits per heavy atom. The van der Waals surface area contributed by atoms with E-state index in [1.54, 1.807) is 5.57 Å². The molecule has 0 spiro atoms. The van der Waals surface area contributed by atoms with Crippen molar-refractivity contribution in [2.75, 3.05) is 6.61 Å². The molecule has 90 valence electrons. The third-order valence-corrected chi connectivity index (χ3v) is 5.06.